The summed E-state index contributed by atoms with van der Waals surface area (Å²) in [6, 6.07) is 7.22. The molecule has 0 heterocycles. The molecule has 0 aliphatic carbocycles. The first kappa shape index (κ1) is 7.48. The lowest BCUT2D eigenvalue weighted by Crippen LogP contribution is -2.00. The van der Waals surface area contributed by atoms with Gasteiger partial charge >= 0.3 is 0 Å². The zero-order valence-electron chi connectivity index (χ0n) is 5.60. The van der Waals surface area contributed by atoms with Crippen molar-refractivity contribution in [2.24, 2.45) is 0 Å². The smallest absolute Gasteiger partial charge is 0.195 e. The molecule has 0 radical (unpaired) electrons. The van der Waals surface area contributed by atoms with E-state index in [9.17, 15) is 4.79 Å². The normalized spacial score (nSPS) is 9.40. The van der Waals surface area contributed by atoms with Crippen molar-refractivity contribution in [3.05, 3.63) is 44.5 Å². The minimum atomic E-state index is 0.0602. The van der Waals surface area contributed by atoms with Crippen molar-refractivity contribution in [2.75, 3.05) is 0 Å². The Morgan fingerprint density at radius 2 is 1.90 bits per heavy atom. The molecule has 0 bridgehead atoms. The summed E-state index contributed by atoms with van der Waals surface area (Å²) < 4.78 is 0.620. The first-order valence-corrected chi connectivity index (χ1v) is 3.76. The highest BCUT2D eigenvalue weighted by atomic mass is 79.9. The van der Waals surface area contributed by atoms with Gasteiger partial charge < -0.3 is 0 Å². The van der Waals surface area contributed by atoms with Crippen LogP contribution in [0.4, 0.5) is 0 Å². The van der Waals surface area contributed by atoms with E-state index < -0.39 is 0 Å². The molecule has 0 unspecified atom stereocenters. The molecule has 52 valence electrons. The molecule has 1 aromatic rings. The average Bonchev–Trinajstić information content (AvgIpc) is 2.04. The fourth-order valence-corrected chi connectivity index (χ4v) is 1.14. The molecule has 2 heteroatoms. The molecule has 1 aromatic carbocycles. The zero-order valence-corrected chi connectivity index (χ0v) is 7.18. The molecule has 0 aromatic heterocycles. The van der Waals surface area contributed by atoms with Crippen LogP contribution in [0.15, 0.2) is 33.5 Å². The van der Waals surface area contributed by atoms with Crippen LogP contribution in [-0.2, 0) is 0 Å². The maximum absolute atomic E-state index is 11.1. The molecule has 1 nitrogen and oxygen atoms in total. The van der Waals surface area contributed by atoms with Gasteiger partial charge in [0.1, 0.15) is 0 Å². The van der Waals surface area contributed by atoms with Gasteiger partial charge in [-0.2, -0.15) is 0 Å². The third-order valence-electron chi connectivity index (χ3n) is 1.27. The van der Waals surface area contributed by atoms with Gasteiger partial charge in [-0.05, 0) is 34.5 Å². The second-order valence-corrected chi connectivity index (χ2v) is 2.93. The number of hydrogen-bond donors (Lipinski definition) is 0. The third kappa shape index (κ3) is 1.45. The number of rotatable bonds is 0. The largest absolute Gasteiger partial charge is 0.288 e. The van der Waals surface area contributed by atoms with E-state index >= 15 is 0 Å². The predicted octanol–water partition coefficient (Wildman–Crippen LogP) is 2.12. The fourth-order valence-electron chi connectivity index (χ4n) is 0.680. The molecule has 0 saturated heterocycles. The van der Waals surface area contributed by atoms with Gasteiger partial charge in [-0.15, -0.1) is 0 Å². The van der Waals surface area contributed by atoms with Crippen molar-refractivity contribution in [1.82, 2.24) is 0 Å². The molecule has 1 rings (SSSR count). The van der Waals surface area contributed by atoms with Crippen LogP contribution in [0.2, 0.25) is 0 Å². The maximum atomic E-state index is 11.1. The van der Waals surface area contributed by atoms with Crippen LogP contribution in [0.25, 0.3) is 0 Å². The summed E-state index contributed by atoms with van der Waals surface area (Å²) >= 11 is 3.16. The van der Waals surface area contributed by atoms with Crippen molar-refractivity contribution < 1.29 is 0 Å². The maximum Gasteiger partial charge on any atom is 0.195 e. The van der Waals surface area contributed by atoms with E-state index in [1.165, 1.54) is 0 Å². The summed E-state index contributed by atoms with van der Waals surface area (Å²) in [4.78, 5) is 11.1. The van der Waals surface area contributed by atoms with Crippen molar-refractivity contribution in [3.63, 3.8) is 0 Å². The van der Waals surface area contributed by atoms with Crippen LogP contribution in [-0.4, -0.2) is 0 Å². The quantitative estimate of drug-likeness (QED) is 0.625. The van der Waals surface area contributed by atoms with Crippen LogP contribution < -0.4 is 5.43 Å². The van der Waals surface area contributed by atoms with E-state index in [0.29, 0.717) is 4.47 Å². The van der Waals surface area contributed by atoms with Gasteiger partial charge in [-0.25, -0.2) is 0 Å². The Hall–Kier alpha value is -0.630. The molecule has 0 aliphatic rings. The van der Waals surface area contributed by atoms with E-state index in [0.717, 1.165) is 5.56 Å². The summed E-state index contributed by atoms with van der Waals surface area (Å²) in [5, 5.41) is 0. The van der Waals surface area contributed by atoms with Gasteiger partial charge in [-0.1, -0.05) is 18.2 Å². The summed E-state index contributed by atoms with van der Waals surface area (Å²) in [5.74, 6) is 0. The molecule has 0 spiro atoms. The van der Waals surface area contributed by atoms with Gasteiger partial charge in [0.2, 0.25) is 0 Å². The van der Waals surface area contributed by atoms with E-state index in [2.05, 4.69) is 15.9 Å². The van der Waals surface area contributed by atoms with Gasteiger partial charge in [0.05, 0.1) is 4.47 Å². The minimum absolute atomic E-state index is 0.0602. The Morgan fingerprint density at radius 3 is 2.60 bits per heavy atom. The average molecular weight is 199 g/mol. The Labute approximate surface area is 67.8 Å². The van der Waals surface area contributed by atoms with Crippen LogP contribution in [0, 0.1) is 6.92 Å². The standard InChI is InChI=1S/C8H7BrO/c1-6-4-2-3-5-7(9)8(6)10/h2-5H,1H3. The Balaban J connectivity index is 3.53. The second-order valence-electron chi connectivity index (χ2n) is 2.08. The van der Waals surface area contributed by atoms with Crippen LogP contribution in [0.1, 0.15) is 5.56 Å². The summed E-state index contributed by atoms with van der Waals surface area (Å²) in [5.41, 5.74) is 0.821. The third-order valence-corrected chi connectivity index (χ3v) is 1.90. The van der Waals surface area contributed by atoms with Gasteiger partial charge in [0, 0.05) is 0 Å². The lowest BCUT2D eigenvalue weighted by atomic mass is 10.3. The first-order valence-electron chi connectivity index (χ1n) is 2.97. The molecule has 0 fully saturated rings. The molecular weight excluding hydrogens is 192 g/mol. The summed E-state index contributed by atoms with van der Waals surface area (Å²) in [7, 11) is 0. The molecule has 0 amide bonds. The number of hydrogen-bond acceptors (Lipinski definition) is 1. The van der Waals surface area contributed by atoms with Gasteiger partial charge in [-0.3, -0.25) is 4.79 Å². The lowest BCUT2D eigenvalue weighted by molar-refractivity contribution is 1.41. The van der Waals surface area contributed by atoms with Crippen LogP contribution in [0.5, 0.6) is 0 Å². The van der Waals surface area contributed by atoms with Crippen molar-refractivity contribution in [2.45, 2.75) is 6.92 Å². The van der Waals surface area contributed by atoms with Crippen molar-refractivity contribution >= 4 is 15.9 Å². The SMILES string of the molecule is Cc1ccccc(Br)c1=O. The van der Waals surface area contributed by atoms with Gasteiger partial charge in [0.25, 0.3) is 0 Å². The highest BCUT2D eigenvalue weighted by Crippen LogP contribution is 2.01. The molecule has 0 saturated carbocycles. The molecule has 0 N–H and O–H groups in total. The topological polar surface area (TPSA) is 17.1 Å². The van der Waals surface area contributed by atoms with E-state index in [1.54, 1.807) is 19.1 Å². The minimum Gasteiger partial charge on any atom is -0.288 e. The summed E-state index contributed by atoms with van der Waals surface area (Å²) in [6.07, 6.45) is 0. The van der Waals surface area contributed by atoms with Crippen molar-refractivity contribution in [3.8, 4) is 0 Å². The van der Waals surface area contributed by atoms with E-state index in [4.69, 9.17) is 0 Å². The highest BCUT2D eigenvalue weighted by Gasteiger charge is 1.92. The van der Waals surface area contributed by atoms with E-state index in [-0.39, 0.29) is 5.43 Å². The fraction of sp³-hybridized carbons (Fsp3) is 0.125. The van der Waals surface area contributed by atoms with Crippen LogP contribution in [0.3, 0.4) is 0 Å². The lowest BCUT2D eigenvalue weighted by Gasteiger charge is -1.79. The highest BCUT2D eigenvalue weighted by molar-refractivity contribution is 9.10. The first-order chi connectivity index (χ1) is 4.72. The number of halogens is 1. The van der Waals surface area contributed by atoms with E-state index in [1.807, 2.05) is 12.1 Å². The Bertz CT molecular complexity index is 266. The molecule has 10 heavy (non-hydrogen) atoms. The van der Waals surface area contributed by atoms with Gasteiger partial charge in [0.15, 0.2) is 5.43 Å². The Morgan fingerprint density at radius 1 is 1.30 bits per heavy atom. The summed E-state index contributed by atoms with van der Waals surface area (Å²) in [6.45, 7) is 1.80. The molecule has 0 atom stereocenters. The molecular formula is C8H7BrO. The molecule has 0 aliphatic heterocycles. The van der Waals surface area contributed by atoms with Crippen molar-refractivity contribution in [1.29, 1.82) is 0 Å². The monoisotopic (exact) mass is 198 g/mol. The van der Waals surface area contributed by atoms with Crippen LogP contribution >= 0.6 is 15.9 Å². The second kappa shape index (κ2) is 2.97. The predicted molar refractivity (Wildman–Crippen MR) is 45.1 cm³/mol. The number of aryl methyl sites for hydroxylation is 1. The Kier molecular flexibility index (Phi) is 2.22. The zero-order chi connectivity index (χ0) is 7.56.